The van der Waals surface area contributed by atoms with E-state index in [1.807, 2.05) is 0 Å². The standard InChI is InChI=1S/C12H9N5O3/c1-16-7-9(6-13-16)12-14-11(15-20-12)8-2-4-10(5-3-8)17(18)19/h2-7H,1H3. The summed E-state index contributed by atoms with van der Waals surface area (Å²) >= 11 is 0. The van der Waals surface area contributed by atoms with Gasteiger partial charge in [0.05, 0.1) is 16.7 Å². The van der Waals surface area contributed by atoms with Crippen molar-refractivity contribution in [1.29, 1.82) is 0 Å². The lowest BCUT2D eigenvalue weighted by Crippen LogP contribution is -1.87. The fourth-order valence-corrected chi connectivity index (χ4v) is 1.72. The lowest BCUT2D eigenvalue weighted by molar-refractivity contribution is -0.384. The van der Waals surface area contributed by atoms with Crippen LogP contribution in [0, 0.1) is 10.1 Å². The first-order valence-corrected chi connectivity index (χ1v) is 5.71. The lowest BCUT2D eigenvalue weighted by atomic mass is 10.2. The molecule has 8 heteroatoms. The van der Waals surface area contributed by atoms with E-state index in [9.17, 15) is 10.1 Å². The van der Waals surface area contributed by atoms with E-state index in [0.29, 0.717) is 22.8 Å². The third kappa shape index (κ3) is 2.14. The summed E-state index contributed by atoms with van der Waals surface area (Å²) in [6.45, 7) is 0. The van der Waals surface area contributed by atoms with Crippen LogP contribution in [-0.4, -0.2) is 24.8 Å². The Hall–Kier alpha value is -3.03. The van der Waals surface area contributed by atoms with Gasteiger partial charge in [0.15, 0.2) is 0 Å². The molecule has 0 aliphatic carbocycles. The molecule has 0 unspecified atom stereocenters. The summed E-state index contributed by atoms with van der Waals surface area (Å²) in [5.74, 6) is 0.727. The Balaban J connectivity index is 1.91. The molecule has 2 aromatic heterocycles. The molecule has 2 heterocycles. The normalized spacial score (nSPS) is 10.7. The van der Waals surface area contributed by atoms with Crippen LogP contribution in [0.1, 0.15) is 0 Å². The average molecular weight is 271 g/mol. The number of nitrogens with zero attached hydrogens (tertiary/aromatic N) is 5. The molecule has 0 N–H and O–H groups in total. The van der Waals surface area contributed by atoms with Gasteiger partial charge in [0.2, 0.25) is 5.82 Å². The molecule has 0 aliphatic heterocycles. The minimum atomic E-state index is -0.457. The SMILES string of the molecule is Cn1cc(-c2nc(-c3ccc([N+](=O)[O-])cc3)no2)cn1. The molecule has 3 rings (SSSR count). The highest BCUT2D eigenvalue weighted by atomic mass is 16.6. The maximum atomic E-state index is 10.6. The van der Waals surface area contributed by atoms with Gasteiger partial charge in [-0.05, 0) is 12.1 Å². The molecule has 20 heavy (non-hydrogen) atoms. The second-order valence-electron chi connectivity index (χ2n) is 4.13. The highest BCUT2D eigenvalue weighted by Crippen LogP contribution is 2.23. The summed E-state index contributed by atoms with van der Waals surface area (Å²) in [5.41, 5.74) is 1.38. The Morgan fingerprint density at radius 2 is 2.00 bits per heavy atom. The first-order chi connectivity index (χ1) is 9.63. The van der Waals surface area contributed by atoms with E-state index in [2.05, 4.69) is 15.2 Å². The summed E-state index contributed by atoms with van der Waals surface area (Å²) < 4.78 is 6.78. The van der Waals surface area contributed by atoms with Crippen LogP contribution in [0.25, 0.3) is 22.8 Å². The third-order valence-electron chi connectivity index (χ3n) is 2.71. The van der Waals surface area contributed by atoms with Gasteiger partial charge in [-0.1, -0.05) is 5.16 Å². The Morgan fingerprint density at radius 3 is 2.60 bits per heavy atom. The van der Waals surface area contributed by atoms with Gasteiger partial charge in [-0.3, -0.25) is 14.8 Å². The van der Waals surface area contributed by atoms with Gasteiger partial charge >= 0.3 is 0 Å². The van der Waals surface area contributed by atoms with Crippen LogP contribution in [-0.2, 0) is 7.05 Å². The number of benzene rings is 1. The predicted octanol–water partition coefficient (Wildman–Crippen LogP) is 2.05. The van der Waals surface area contributed by atoms with Crippen molar-refractivity contribution in [2.24, 2.45) is 7.05 Å². The van der Waals surface area contributed by atoms with E-state index in [4.69, 9.17) is 4.52 Å². The van der Waals surface area contributed by atoms with E-state index in [-0.39, 0.29) is 5.69 Å². The maximum absolute atomic E-state index is 10.6. The van der Waals surface area contributed by atoms with E-state index >= 15 is 0 Å². The second kappa shape index (κ2) is 4.57. The number of non-ortho nitro benzene ring substituents is 1. The van der Waals surface area contributed by atoms with Crippen molar-refractivity contribution >= 4 is 5.69 Å². The van der Waals surface area contributed by atoms with Crippen molar-refractivity contribution < 1.29 is 9.45 Å². The Kier molecular flexibility index (Phi) is 2.75. The molecular formula is C12H9N5O3. The van der Waals surface area contributed by atoms with Crippen LogP contribution in [0.15, 0.2) is 41.2 Å². The Morgan fingerprint density at radius 1 is 1.25 bits per heavy atom. The summed E-state index contributed by atoms with van der Waals surface area (Å²) in [6, 6.07) is 5.96. The maximum Gasteiger partial charge on any atom is 0.269 e. The van der Waals surface area contributed by atoms with Gasteiger partial charge < -0.3 is 4.52 Å². The molecule has 0 fully saturated rings. The van der Waals surface area contributed by atoms with Gasteiger partial charge in [0.25, 0.3) is 11.6 Å². The van der Waals surface area contributed by atoms with E-state index in [1.165, 1.54) is 12.1 Å². The van der Waals surface area contributed by atoms with Crippen molar-refractivity contribution in [2.45, 2.75) is 0 Å². The third-order valence-corrected chi connectivity index (χ3v) is 2.71. The Bertz CT molecular complexity index is 760. The number of hydrogen-bond donors (Lipinski definition) is 0. The molecule has 0 saturated heterocycles. The van der Waals surface area contributed by atoms with Crippen LogP contribution in [0.3, 0.4) is 0 Å². The van der Waals surface area contributed by atoms with E-state index < -0.39 is 4.92 Å². The van der Waals surface area contributed by atoms with Crippen LogP contribution in [0.4, 0.5) is 5.69 Å². The van der Waals surface area contributed by atoms with Gasteiger partial charge in [0, 0.05) is 30.9 Å². The average Bonchev–Trinajstić information content (AvgIpc) is 3.07. The minimum absolute atomic E-state index is 0.0183. The van der Waals surface area contributed by atoms with E-state index in [0.717, 1.165) is 0 Å². The molecule has 100 valence electrons. The monoisotopic (exact) mass is 271 g/mol. The first kappa shape index (κ1) is 12.0. The number of aryl methyl sites for hydroxylation is 1. The number of rotatable bonds is 3. The quantitative estimate of drug-likeness (QED) is 0.533. The zero-order chi connectivity index (χ0) is 14.1. The van der Waals surface area contributed by atoms with Gasteiger partial charge in [0.1, 0.15) is 0 Å². The molecule has 8 nitrogen and oxygen atoms in total. The molecule has 0 amide bonds. The molecule has 0 spiro atoms. The number of nitro benzene ring substituents is 1. The van der Waals surface area contributed by atoms with Gasteiger partial charge in [-0.2, -0.15) is 10.1 Å². The zero-order valence-electron chi connectivity index (χ0n) is 10.4. The van der Waals surface area contributed by atoms with Crippen molar-refractivity contribution in [2.75, 3.05) is 0 Å². The van der Waals surface area contributed by atoms with Crippen LogP contribution in [0.5, 0.6) is 0 Å². The molecule has 0 saturated carbocycles. The fourth-order valence-electron chi connectivity index (χ4n) is 1.72. The zero-order valence-corrected chi connectivity index (χ0v) is 10.4. The van der Waals surface area contributed by atoms with Crippen molar-refractivity contribution in [1.82, 2.24) is 19.9 Å². The molecular weight excluding hydrogens is 262 g/mol. The highest BCUT2D eigenvalue weighted by Gasteiger charge is 2.13. The van der Waals surface area contributed by atoms with Crippen LogP contribution in [0.2, 0.25) is 0 Å². The first-order valence-electron chi connectivity index (χ1n) is 5.71. The van der Waals surface area contributed by atoms with Crippen LogP contribution >= 0.6 is 0 Å². The summed E-state index contributed by atoms with van der Waals surface area (Å²) in [5, 5.41) is 18.5. The fraction of sp³-hybridized carbons (Fsp3) is 0.0833. The van der Waals surface area contributed by atoms with Crippen molar-refractivity contribution in [3.8, 4) is 22.8 Å². The van der Waals surface area contributed by atoms with E-state index in [1.54, 1.807) is 36.3 Å². The molecule has 3 aromatic rings. The van der Waals surface area contributed by atoms with Crippen LogP contribution < -0.4 is 0 Å². The van der Waals surface area contributed by atoms with Gasteiger partial charge in [-0.25, -0.2) is 0 Å². The number of aromatic nitrogens is 4. The van der Waals surface area contributed by atoms with Crippen molar-refractivity contribution in [3.63, 3.8) is 0 Å². The molecule has 0 bridgehead atoms. The minimum Gasteiger partial charge on any atom is -0.333 e. The smallest absolute Gasteiger partial charge is 0.269 e. The number of nitro groups is 1. The lowest BCUT2D eigenvalue weighted by Gasteiger charge is -1.93. The molecule has 0 atom stereocenters. The molecule has 0 aliphatic rings. The topological polar surface area (TPSA) is 99.9 Å². The highest BCUT2D eigenvalue weighted by molar-refractivity contribution is 5.60. The molecule has 0 radical (unpaired) electrons. The largest absolute Gasteiger partial charge is 0.333 e. The summed E-state index contributed by atoms with van der Waals surface area (Å²) in [4.78, 5) is 14.4. The summed E-state index contributed by atoms with van der Waals surface area (Å²) in [6.07, 6.45) is 3.38. The Labute approximate surface area is 112 Å². The van der Waals surface area contributed by atoms with Crippen molar-refractivity contribution in [3.05, 3.63) is 46.8 Å². The predicted molar refractivity (Wildman–Crippen MR) is 68.6 cm³/mol. The van der Waals surface area contributed by atoms with Gasteiger partial charge in [-0.15, -0.1) is 0 Å². The molecule has 1 aromatic carbocycles. The second-order valence-corrected chi connectivity index (χ2v) is 4.13. The summed E-state index contributed by atoms with van der Waals surface area (Å²) in [7, 11) is 1.79. The number of hydrogen-bond acceptors (Lipinski definition) is 6.